The standard InChI is InChI=1S/C44H45ClFN3O4/c1-31(2)37-11-15-39(16-12-37)51-25-20-33-4-6-34(7-5-33)29-48-21-23-49(24-22-48)43(50)19-10-36-26-32(3)44(41(45)27-36)53-42-18-17-40(28-47-42)52-30-35-8-13-38(46)14-9-35/h4-19,26-28,31H,20-25,29-30H2,1-3H3/b19-10+. The number of aromatic nitrogens is 1. The van der Waals surface area contributed by atoms with Crippen LogP contribution in [0.25, 0.3) is 6.08 Å². The number of rotatable bonds is 14. The largest absolute Gasteiger partial charge is 0.493 e. The zero-order chi connectivity index (χ0) is 37.2. The van der Waals surface area contributed by atoms with Crippen LogP contribution in [-0.2, 0) is 24.4 Å². The monoisotopic (exact) mass is 733 g/mol. The second-order valence-corrected chi connectivity index (χ2v) is 14.0. The molecule has 0 bridgehead atoms. The van der Waals surface area contributed by atoms with E-state index in [1.54, 1.807) is 48.7 Å². The van der Waals surface area contributed by atoms with E-state index < -0.39 is 0 Å². The maximum Gasteiger partial charge on any atom is 0.246 e. The van der Waals surface area contributed by atoms with Crippen LogP contribution >= 0.6 is 11.6 Å². The Morgan fingerprint density at radius 2 is 1.53 bits per heavy atom. The summed E-state index contributed by atoms with van der Waals surface area (Å²) in [4.78, 5) is 21.7. The lowest BCUT2D eigenvalue weighted by atomic mass is 10.0. The number of nitrogens with zero attached hydrogens (tertiary/aromatic N) is 3. The first kappa shape index (κ1) is 37.6. The van der Waals surface area contributed by atoms with E-state index in [0.29, 0.717) is 54.6 Å². The summed E-state index contributed by atoms with van der Waals surface area (Å²) in [6.07, 6.45) is 5.82. The van der Waals surface area contributed by atoms with Gasteiger partial charge in [-0.1, -0.05) is 74.0 Å². The highest BCUT2D eigenvalue weighted by Gasteiger charge is 2.20. The minimum absolute atomic E-state index is 0.0212. The molecule has 1 aliphatic heterocycles. The molecule has 1 aliphatic rings. The van der Waals surface area contributed by atoms with Gasteiger partial charge in [-0.05, 0) is 94.8 Å². The smallest absolute Gasteiger partial charge is 0.246 e. The third-order valence-corrected chi connectivity index (χ3v) is 9.50. The molecule has 53 heavy (non-hydrogen) atoms. The Bertz CT molecular complexity index is 1950. The van der Waals surface area contributed by atoms with Crippen LogP contribution in [0.3, 0.4) is 0 Å². The highest BCUT2D eigenvalue weighted by atomic mass is 35.5. The van der Waals surface area contributed by atoms with Crippen LogP contribution in [0.15, 0.2) is 109 Å². The summed E-state index contributed by atoms with van der Waals surface area (Å²) in [5.74, 6) is 2.53. The molecular weight excluding hydrogens is 689 g/mol. The lowest BCUT2D eigenvalue weighted by Gasteiger charge is -2.34. The fraction of sp³-hybridized carbons (Fsp3) is 0.273. The Morgan fingerprint density at radius 1 is 0.849 bits per heavy atom. The molecule has 7 nitrogen and oxygen atoms in total. The zero-order valence-electron chi connectivity index (χ0n) is 30.4. The number of amides is 1. The van der Waals surface area contributed by atoms with Crippen LogP contribution in [-0.4, -0.2) is 53.5 Å². The molecule has 0 atom stereocenters. The van der Waals surface area contributed by atoms with Crippen molar-refractivity contribution in [3.63, 3.8) is 0 Å². The Morgan fingerprint density at radius 3 is 2.19 bits per heavy atom. The highest BCUT2D eigenvalue weighted by molar-refractivity contribution is 6.32. The van der Waals surface area contributed by atoms with Gasteiger partial charge in [0.15, 0.2) is 5.75 Å². The fourth-order valence-electron chi connectivity index (χ4n) is 6.05. The van der Waals surface area contributed by atoms with Crippen molar-refractivity contribution in [1.82, 2.24) is 14.8 Å². The first-order valence-corrected chi connectivity index (χ1v) is 18.4. The van der Waals surface area contributed by atoms with Gasteiger partial charge in [-0.15, -0.1) is 0 Å². The average molecular weight is 734 g/mol. The van der Waals surface area contributed by atoms with E-state index in [1.165, 1.54) is 28.8 Å². The number of benzene rings is 4. The number of hydrogen-bond acceptors (Lipinski definition) is 6. The van der Waals surface area contributed by atoms with Crippen LogP contribution in [0, 0.1) is 12.7 Å². The molecule has 0 aliphatic carbocycles. The number of carbonyl (C=O) groups excluding carboxylic acids is 1. The topological polar surface area (TPSA) is 64.1 Å². The van der Waals surface area contributed by atoms with Crippen molar-refractivity contribution in [3.05, 3.63) is 154 Å². The minimum atomic E-state index is -0.288. The fourth-order valence-corrected chi connectivity index (χ4v) is 6.37. The van der Waals surface area contributed by atoms with E-state index in [-0.39, 0.29) is 11.7 Å². The Labute approximate surface area is 316 Å². The zero-order valence-corrected chi connectivity index (χ0v) is 31.2. The van der Waals surface area contributed by atoms with Crippen LogP contribution in [0.4, 0.5) is 4.39 Å². The third kappa shape index (κ3) is 10.9. The number of pyridine rings is 1. The molecule has 1 aromatic heterocycles. The van der Waals surface area contributed by atoms with Crippen molar-refractivity contribution in [2.45, 2.75) is 46.3 Å². The Balaban J connectivity index is 0.922. The van der Waals surface area contributed by atoms with Gasteiger partial charge in [0.1, 0.15) is 23.9 Å². The van der Waals surface area contributed by atoms with Crippen molar-refractivity contribution in [2.24, 2.45) is 0 Å². The van der Waals surface area contributed by atoms with E-state index in [4.69, 9.17) is 25.8 Å². The molecule has 5 aromatic rings. The normalized spacial score (nSPS) is 13.4. The molecule has 1 fully saturated rings. The van der Waals surface area contributed by atoms with Crippen LogP contribution < -0.4 is 14.2 Å². The highest BCUT2D eigenvalue weighted by Crippen LogP contribution is 2.34. The van der Waals surface area contributed by atoms with Gasteiger partial charge in [-0.25, -0.2) is 9.37 Å². The maximum atomic E-state index is 13.1. The van der Waals surface area contributed by atoms with Crippen molar-refractivity contribution in [3.8, 4) is 23.1 Å². The van der Waals surface area contributed by atoms with Gasteiger partial charge < -0.3 is 19.1 Å². The van der Waals surface area contributed by atoms with Crippen LogP contribution in [0.5, 0.6) is 23.1 Å². The summed E-state index contributed by atoms with van der Waals surface area (Å²) >= 11 is 6.61. The number of carbonyl (C=O) groups is 1. The summed E-state index contributed by atoms with van der Waals surface area (Å²) in [6.45, 7) is 11.1. The molecule has 0 saturated carbocycles. The molecule has 4 aromatic carbocycles. The summed E-state index contributed by atoms with van der Waals surface area (Å²) in [6, 6.07) is 30.4. The van der Waals surface area contributed by atoms with Crippen molar-refractivity contribution >= 4 is 23.6 Å². The third-order valence-electron chi connectivity index (χ3n) is 9.22. The number of ether oxygens (including phenoxy) is 3. The Hall–Kier alpha value is -5.18. The molecule has 1 saturated heterocycles. The van der Waals surface area contributed by atoms with E-state index in [2.05, 4.69) is 60.1 Å². The van der Waals surface area contributed by atoms with Gasteiger partial charge in [0.05, 0.1) is 17.8 Å². The summed E-state index contributed by atoms with van der Waals surface area (Å²) in [5, 5.41) is 0.415. The van der Waals surface area contributed by atoms with Crippen molar-refractivity contribution in [2.75, 3.05) is 32.8 Å². The van der Waals surface area contributed by atoms with Gasteiger partial charge in [-0.2, -0.15) is 0 Å². The molecule has 0 spiro atoms. The van der Waals surface area contributed by atoms with Gasteiger partial charge in [0, 0.05) is 51.3 Å². The summed E-state index contributed by atoms with van der Waals surface area (Å²) in [7, 11) is 0. The Kier molecular flexibility index (Phi) is 12.8. The predicted octanol–water partition coefficient (Wildman–Crippen LogP) is 9.66. The van der Waals surface area contributed by atoms with E-state index >= 15 is 0 Å². The van der Waals surface area contributed by atoms with Gasteiger partial charge in [-0.3, -0.25) is 9.69 Å². The number of halogens is 2. The molecule has 0 unspecified atom stereocenters. The van der Waals surface area contributed by atoms with Crippen molar-refractivity contribution in [1.29, 1.82) is 0 Å². The molecule has 1 amide bonds. The lowest BCUT2D eigenvalue weighted by molar-refractivity contribution is -0.127. The predicted molar refractivity (Wildman–Crippen MR) is 208 cm³/mol. The quantitative estimate of drug-likeness (QED) is 0.106. The summed E-state index contributed by atoms with van der Waals surface area (Å²) in [5.41, 5.74) is 6.30. The molecule has 9 heteroatoms. The summed E-state index contributed by atoms with van der Waals surface area (Å²) < 4.78 is 30.8. The first-order valence-electron chi connectivity index (χ1n) is 18.0. The molecule has 0 N–H and O–H groups in total. The van der Waals surface area contributed by atoms with E-state index in [0.717, 1.165) is 48.5 Å². The minimum Gasteiger partial charge on any atom is -0.493 e. The molecule has 6 rings (SSSR count). The first-order chi connectivity index (χ1) is 25.7. The number of piperazine rings is 1. The van der Waals surface area contributed by atoms with E-state index in [9.17, 15) is 9.18 Å². The SMILES string of the molecule is Cc1cc(/C=C/C(=O)N2CCN(Cc3ccc(CCOc4ccc(C(C)C)cc4)cc3)CC2)cc(Cl)c1Oc1ccc(OCc2ccc(F)cc2)cn1. The van der Waals surface area contributed by atoms with Crippen molar-refractivity contribution < 1.29 is 23.4 Å². The van der Waals surface area contributed by atoms with Crippen LogP contribution in [0.1, 0.15) is 53.1 Å². The second-order valence-electron chi connectivity index (χ2n) is 13.6. The van der Waals surface area contributed by atoms with Gasteiger partial charge >= 0.3 is 0 Å². The lowest BCUT2D eigenvalue weighted by Crippen LogP contribution is -2.47. The van der Waals surface area contributed by atoms with Gasteiger partial charge in [0.2, 0.25) is 11.8 Å². The number of hydrogen-bond donors (Lipinski definition) is 0. The molecule has 274 valence electrons. The molecule has 2 heterocycles. The van der Waals surface area contributed by atoms with E-state index in [1.807, 2.05) is 30.0 Å². The second kappa shape index (κ2) is 18.0. The van der Waals surface area contributed by atoms with Crippen LogP contribution in [0.2, 0.25) is 5.02 Å². The number of aryl methyl sites for hydroxylation is 1. The molecular formula is C44H45ClFN3O4. The average Bonchev–Trinajstić information content (AvgIpc) is 3.17. The van der Waals surface area contributed by atoms with Gasteiger partial charge in [0.25, 0.3) is 0 Å². The maximum absolute atomic E-state index is 13.1. The molecule has 0 radical (unpaired) electrons.